The molecule has 0 spiro atoms. The van der Waals surface area contributed by atoms with Gasteiger partial charge in [-0.2, -0.15) is 0 Å². The Hall–Kier alpha value is -4.00. The van der Waals surface area contributed by atoms with E-state index in [1.807, 2.05) is 54.6 Å². The second-order valence-corrected chi connectivity index (χ2v) is 6.71. The molecule has 1 amide bonds. The number of hydrogen-bond donors (Lipinski definition) is 1. The van der Waals surface area contributed by atoms with Gasteiger partial charge in [-0.3, -0.25) is 4.79 Å². The van der Waals surface area contributed by atoms with Crippen molar-refractivity contribution in [3.8, 4) is 17.2 Å². The van der Waals surface area contributed by atoms with Crippen molar-refractivity contribution in [1.29, 1.82) is 0 Å². The summed E-state index contributed by atoms with van der Waals surface area (Å²) in [6.07, 6.45) is 3.95. The summed E-state index contributed by atoms with van der Waals surface area (Å²) in [5.74, 6) is 1.42. The van der Waals surface area contributed by atoms with Crippen molar-refractivity contribution in [2.45, 2.75) is 20.0 Å². The van der Waals surface area contributed by atoms with Crippen LogP contribution in [-0.4, -0.2) is 21.0 Å². The van der Waals surface area contributed by atoms with E-state index in [2.05, 4.69) is 20.4 Å². The number of ether oxygens (including phenoxy) is 1. The second kappa shape index (κ2) is 9.00. The van der Waals surface area contributed by atoms with Gasteiger partial charge in [0.2, 0.25) is 11.8 Å². The Labute approximate surface area is 173 Å². The molecule has 4 aromatic rings. The lowest BCUT2D eigenvalue weighted by Gasteiger charge is -2.06. The Morgan fingerprint density at radius 3 is 2.57 bits per heavy atom. The minimum atomic E-state index is -0.193. The van der Waals surface area contributed by atoms with Crippen LogP contribution in [0.25, 0.3) is 11.3 Å². The average molecular weight is 400 g/mol. The molecule has 7 heteroatoms. The van der Waals surface area contributed by atoms with Gasteiger partial charge in [0.15, 0.2) is 5.76 Å². The molecule has 0 fully saturated rings. The fourth-order valence-corrected chi connectivity index (χ4v) is 2.94. The molecule has 0 saturated carbocycles. The summed E-state index contributed by atoms with van der Waals surface area (Å²) in [5, 5.41) is 6.86. The van der Waals surface area contributed by atoms with E-state index in [9.17, 15) is 4.79 Å². The van der Waals surface area contributed by atoms with Crippen LogP contribution in [0.1, 0.15) is 23.7 Å². The van der Waals surface area contributed by atoms with Crippen LogP contribution < -0.4 is 10.1 Å². The van der Waals surface area contributed by atoms with Gasteiger partial charge in [0.25, 0.3) is 0 Å². The highest BCUT2D eigenvalue weighted by atomic mass is 16.5. The largest absolute Gasteiger partial charge is 0.473 e. The number of amides is 1. The molecule has 1 N–H and O–H groups in total. The summed E-state index contributed by atoms with van der Waals surface area (Å²) in [6, 6.07) is 19.2. The van der Waals surface area contributed by atoms with Crippen molar-refractivity contribution in [2.75, 3.05) is 5.32 Å². The number of hydrogen-bond acceptors (Lipinski definition) is 6. The summed E-state index contributed by atoms with van der Waals surface area (Å²) in [5.41, 5.74) is 3.64. The smallest absolute Gasteiger partial charge is 0.222 e. The molecule has 7 nitrogen and oxygen atoms in total. The van der Waals surface area contributed by atoms with E-state index in [1.54, 1.807) is 18.5 Å². The first-order chi connectivity index (χ1) is 14.7. The van der Waals surface area contributed by atoms with Gasteiger partial charge in [-0.05, 0) is 29.3 Å². The normalized spacial score (nSPS) is 10.6. The molecule has 0 aliphatic rings. The average Bonchev–Trinajstić information content (AvgIpc) is 3.22. The molecule has 30 heavy (non-hydrogen) atoms. The number of nitrogens with zero attached hydrogens (tertiary/aromatic N) is 3. The highest BCUT2D eigenvalue weighted by Gasteiger charge is 2.13. The zero-order valence-corrected chi connectivity index (χ0v) is 16.4. The van der Waals surface area contributed by atoms with Crippen molar-refractivity contribution in [1.82, 2.24) is 15.1 Å². The molecule has 0 bridgehead atoms. The first kappa shape index (κ1) is 19.3. The first-order valence-corrected chi connectivity index (χ1v) is 9.47. The lowest BCUT2D eigenvalue weighted by atomic mass is 10.1. The quantitative estimate of drug-likeness (QED) is 0.498. The first-order valence-electron chi connectivity index (χ1n) is 9.47. The van der Waals surface area contributed by atoms with Gasteiger partial charge in [-0.1, -0.05) is 35.5 Å². The lowest BCUT2D eigenvalue weighted by Crippen LogP contribution is -2.08. The molecule has 0 atom stereocenters. The molecular formula is C23H20N4O3. The summed E-state index contributed by atoms with van der Waals surface area (Å²) in [4.78, 5) is 19.7. The van der Waals surface area contributed by atoms with Crippen LogP contribution in [0, 0.1) is 0 Å². The SMILES string of the molecule is CC(=O)Nc1ncccc1-c1cc(Cc2ccc(COc3ccccn3)cc2)no1. The van der Waals surface area contributed by atoms with Crippen LogP contribution in [0.3, 0.4) is 0 Å². The van der Waals surface area contributed by atoms with Gasteiger partial charge in [-0.25, -0.2) is 9.97 Å². The third-order valence-corrected chi connectivity index (χ3v) is 4.36. The maximum absolute atomic E-state index is 11.4. The van der Waals surface area contributed by atoms with E-state index in [-0.39, 0.29) is 5.91 Å². The van der Waals surface area contributed by atoms with Crippen LogP contribution in [0.2, 0.25) is 0 Å². The molecular weight excluding hydrogens is 380 g/mol. The third-order valence-electron chi connectivity index (χ3n) is 4.36. The molecule has 0 unspecified atom stereocenters. The van der Waals surface area contributed by atoms with Gasteiger partial charge < -0.3 is 14.6 Å². The monoisotopic (exact) mass is 400 g/mol. The summed E-state index contributed by atoms with van der Waals surface area (Å²) in [6.45, 7) is 1.90. The van der Waals surface area contributed by atoms with Gasteiger partial charge in [0.05, 0.1) is 11.3 Å². The topological polar surface area (TPSA) is 90.1 Å². The molecule has 0 radical (unpaired) electrons. The van der Waals surface area contributed by atoms with Gasteiger partial charge >= 0.3 is 0 Å². The number of rotatable bonds is 7. The third kappa shape index (κ3) is 4.88. The number of aromatic nitrogens is 3. The summed E-state index contributed by atoms with van der Waals surface area (Å²) >= 11 is 0. The number of benzene rings is 1. The van der Waals surface area contributed by atoms with Crippen molar-refractivity contribution < 1.29 is 14.1 Å². The van der Waals surface area contributed by atoms with Gasteiger partial charge in [0, 0.05) is 37.9 Å². The Bertz CT molecular complexity index is 1120. The van der Waals surface area contributed by atoms with Crippen molar-refractivity contribution in [3.05, 3.63) is 89.9 Å². The van der Waals surface area contributed by atoms with Crippen LogP contribution in [-0.2, 0) is 17.8 Å². The maximum atomic E-state index is 11.4. The number of nitrogens with one attached hydrogen (secondary N) is 1. The highest BCUT2D eigenvalue weighted by molar-refractivity contribution is 5.91. The van der Waals surface area contributed by atoms with Crippen molar-refractivity contribution in [2.24, 2.45) is 0 Å². The number of anilines is 1. The number of carbonyl (C=O) groups is 1. The number of carbonyl (C=O) groups excluding carboxylic acids is 1. The van der Waals surface area contributed by atoms with E-state index in [1.165, 1.54) is 6.92 Å². The fraction of sp³-hybridized carbons (Fsp3) is 0.130. The Morgan fingerprint density at radius 2 is 1.80 bits per heavy atom. The number of pyridine rings is 2. The van der Waals surface area contributed by atoms with E-state index >= 15 is 0 Å². The van der Waals surface area contributed by atoms with Crippen molar-refractivity contribution >= 4 is 11.7 Å². The Kier molecular flexibility index (Phi) is 5.80. The molecule has 1 aromatic carbocycles. The molecule has 4 rings (SSSR count). The molecule has 0 aliphatic heterocycles. The van der Waals surface area contributed by atoms with E-state index in [4.69, 9.17) is 9.26 Å². The Balaban J connectivity index is 1.41. The molecule has 3 aromatic heterocycles. The van der Waals surface area contributed by atoms with E-state index in [0.29, 0.717) is 36.0 Å². The minimum Gasteiger partial charge on any atom is -0.473 e. The van der Waals surface area contributed by atoms with Gasteiger partial charge in [0.1, 0.15) is 12.4 Å². The summed E-state index contributed by atoms with van der Waals surface area (Å²) < 4.78 is 11.2. The zero-order chi connectivity index (χ0) is 20.8. The van der Waals surface area contributed by atoms with E-state index < -0.39 is 0 Å². The predicted octanol–water partition coefficient (Wildman–Crippen LogP) is 4.26. The standard InChI is InChI=1S/C23H20N4O3/c1-16(28)26-23-20(5-4-12-25-23)21-14-19(27-30-21)13-17-7-9-18(10-8-17)15-29-22-6-2-3-11-24-22/h2-12,14H,13,15H2,1H3,(H,25,26,28). The van der Waals surface area contributed by atoms with Gasteiger partial charge in [-0.15, -0.1) is 0 Å². The van der Waals surface area contributed by atoms with Crippen molar-refractivity contribution in [3.63, 3.8) is 0 Å². The van der Waals surface area contributed by atoms with Crippen LogP contribution in [0.4, 0.5) is 5.82 Å². The lowest BCUT2D eigenvalue weighted by molar-refractivity contribution is -0.114. The highest BCUT2D eigenvalue weighted by Crippen LogP contribution is 2.27. The van der Waals surface area contributed by atoms with Crippen LogP contribution in [0.15, 0.2) is 77.6 Å². The molecule has 150 valence electrons. The van der Waals surface area contributed by atoms with E-state index in [0.717, 1.165) is 16.8 Å². The van der Waals surface area contributed by atoms with Crippen LogP contribution in [0.5, 0.6) is 5.88 Å². The fourth-order valence-electron chi connectivity index (χ4n) is 2.94. The zero-order valence-electron chi connectivity index (χ0n) is 16.4. The van der Waals surface area contributed by atoms with Crippen LogP contribution >= 0.6 is 0 Å². The molecule has 3 heterocycles. The minimum absolute atomic E-state index is 0.193. The Morgan fingerprint density at radius 1 is 1.00 bits per heavy atom. The molecule has 0 saturated heterocycles. The second-order valence-electron chi connectivity index (χ2n) is 6.71. The molecule has 0 aliphatic carbocycles. The maximum Gasteiger partial charge on any atom is 0.222 e. The predicted molar refractivity (Wildman–Crippen MR) is 112 cm³/mol. The summed E-state index contributed by atoms with van der Waals surface area (Å²) in [7, 11) is 0.